The molecule has 32 heavy (non-hydrogen) atoms. The topological polar surface area (TPSA) is 66.4 Å². The zero-order chi connectivity index (χ0) is 22.7. The van der Waals surface area contributed by atoms with E-state index < -0.39 is 11.8 Å². The maximum atomic E-state index is 12.6. The fraction of sp³-hybridized carbons (Fsp3) is 0.308. The maximum absolute atomic E-state index is 12.6. The molecule has 1 aliphatic rings. The second-order valence-corrected chi connectivity index (χ2v) is 8.59. The molecular formula is C26H30N4O2. The molecule has 1 unspecified atom stereocenters. The summed E-state index contributed by atoms with van der Waals surface area (Å²) >= 11 is 0. The summed E-state index contributed by atoms with van der Waals surface area (Å²) in [4.78, 5) is 27.5. The van der Waals surface area contributed by atoms with Gasteiger partial charge in [-0.15, -0.1) is 0 Å². The van der Waals surface area contributed by atoms with E-state index in [1.165, 1.54) is 11.1 Å². The number of hydrogen-bond acceptors (Lipinski definition) is 3. The van der Waals surface area contributed by atoms with Crippen LogP contribution >= 0.6 is 0 Å². The Bertz CT molecular complexity index is 1110. The Morgan fingerprint density at radius 3 is 2.38 bits per heavy atom. The lowest BCUT2D eigenvalue weighted by molar-refractivity contribution is -0.136. The second kappa shape index (κ2) is 9.40. The Morgan fingerprint density at radius 1 is 0.969 bits per heavy atom. The van der Waals surface area contributed by atoms with Gasteiger partial charge in [-0.25, -0.2) is 0 Å². The van der Waals surface area contributed by atoms with Gasteiger partial charge < -0.3 is 15.2 Å². The monoisotopic (exact) mass is 430 g/mol. The molecule has 0 bridgehead atoms. The number of carbonyl (C=O) groups is 2. The van der Waals surface area contributed by atoms with Crippen molar-refractivity contribution in [3.05, 3.63) is 88.7 Å². The van der Waals surface area contributed by atoms with Crippen LogP contribution in [0.1, 0.15) is 34.0 Å². The number of hydrogen-bond donors (Lipinski definition) is 2. The maximum Gasteiger partial charge on any atom is 0.313 e. The van der Waals surface area contributed by atoms with Gasteiger partial charge in [-0.3, -0.25) is 14.5 Å². The van der Waals surface area contributed by atoms with Crippen LogP contribution in [0.5, 0.6) is 0 Å². The Morgan fingerprint density at radius 2 is 1.69 bits per heavy atom. The average molecular weight is 431 g/mol. The van der Waals surface area contributed by atoms with E-state index in [0.29, 0.717) is 12.2 Å². The van der Waals surface area contributed by atoms with Gasteiger partial charge in [0.1, 0.15) is 0 Å². The lowest BCUT2D eigenvalue weighted by Gasteiger charge is -2.36. The molecule has 0 spiro atoms. The molecule has 1 atom stereocenters. The van der Waals surface area contributed by atoms with Crippen LogP contribution in [0.3, 0.4) is 0 Å². The van der Waals surface area contributed by atoms with Crippen LogP contribution in [-0.2, 0) is 29.6 Å². The molecule has 2 aromatic carbocycles. The van der Waals surface area contributed by atoms with E-state index in [9.17, 15) is 9.59 Å². The lowest BCUT2D eigenvalue weighted by atomic mass is 9.98. The van der Waals surface area contributed by atoms with Crippen LogP contribution < -0.4 is 10.6 Å². The molecule has 0 fully saturated rings. The molecule has 6 heteroatoms. The van der Waals surface area contributed by atoms with Crippen LogP contribution in [0.4, 0.5) is 5.69 Å². The van der Waals surface area contributed by atoms with Gasteiger partial charge >= 0.3 is 11.8 Å². The van der Waals surface area contributed by atoms with Gasteiger partial charge in [-0.1, -0.05) is 30.3 Å². The van der Waals surface area contributed by atoms with Gasteiger partial charge in [-0.2, -0.15) is 0 Å². The molecule has 2 amide bonds. The van der Waals surface area contributed by atoms with Crippen molar-refractivity contribution in [3.63, 3.8) is 0 Å². The molecule has 1 aliphatic heterocycles. The number of aryl methyl sites for hydroxylation is 3. The number of fused-ring (bicyclic) bond motifs is 1. The summed E-state index contributed by atoms with van der Waals surface area (Å²) in [7, 11) is 2.01. The quantitative estimate of drug-likeness (QED) is 0.609. The van der Waals surface area contributed by atoms with Crippen molar-refractivity contribution in [1.29, 1.82) is 0 Å². The molecule has 6 nitrogen and oxygen atoms in total. The Balaban J connectivity index is 1.45. The highest BCUT2D eigenvalue weighted by atomic mass is 16.2. The Labute approximate surface area is 189 Å². The number of rotatable bonds is 5. The van der Waals surface area contributed by atoms with Crippen LogP contribution in [0.2, 0.25) is 0 Å². The minimum absolute atomic E-state index is 0.0266. The van der Waals surface area contributed by atoms with Crippen molar-refractivity contribution in [2.75, 3.05) is 18.4 Å². The zero-order valence-electron chi connectivity index (χ0n) is 18.9. The van der Waals surface area contributed by atoms with E-state index in [1.54, 1.807) is 0 Å². The van der Waals surface area contributed by atoms with Crippen molar-refractivity contribution in [2.45, 2.75) is 32.9 Å². The molecule has 2 heterocycles. The van der Waals surface area contributed by atoms with E-state index in [1.807, 2.05) is 51.4 Å². The standard InChI is InChI=1S/C26H30N4O2/c1-18-13-19(2)15-22(14-18)28-26(32)25(31)27-16-24(23-9-6-11-29(23)3)30-12-10-20-7-4-5-8-21(20)17-30/h4-9,11,13-15,24H,10,12,16-17H2,1-3H3,(H,27,31)(H,28,32). The fourth-order valence-electron chi connectivity index (χ4n) is 4.53. The normalized spacial score (nSPS) is 14.5. The first kappa shape index (κ1) is 21.8. The van der Waals surface area contributed by atoms with Gasteiger partial charge in [0.2, 0.25) is 0 Å². The predicted molar refractivity (Wildman–Crippen MR) is 126 cm³/mol. The van der Waals surface area contributed by atoms with Crippen molar-refractivity contribution in [2.24, 2.45) is 7.05 Å². The minimum Gasteiger partial charge on any atom is -0.353 e. The highest BCUT2D eigenvalue weighted by molar-refractivity contribution is 6.39. The third kappa shape index (κ3) is 4.92. The van der Waals surface area contributed by atoms with Crippen molar-refractivity contribution >= 4 is 17.5 Å². The van der Waals surface area contributed by atoms with Crippen LogP contribution in [0.15, 0.2) is 60.8 Å². The van der Waals surface area contributed by atoms with E-state index in [2.05, 4.69) is 50.4 Å². The first-order valence-corrected chi connectivity index (χ1v) is 11.0. The van der Waals surface area contributed by atoms with E-state index in [0.717, 1.165) is 36.3 Å². The molecule has 0 radical (unpaired) electrons. The molecule has 0 saturated heterocycles. The number of benzene rings is 2. The Kier molecular flexibility index (Phi) is 6.42. The first-order valence-electron chi connectivity index (χ1n) is 11.0. The molecular weight excluding hydrogens is 400 g/mol. The molecule has 4 rings (SSSR count). The van der Waals surface area contributed by atoms with Gasteiger partial charge in [0.15, 0.2) is 0 Å². The molecule has 0 aliphatic carbocycles. The van der Waals surface area contributed by atoms with Gasteiger partial charge in [0.05, 0.1) is 6.04 Å². The van der Waals surface area contributed by atoms with Crippen molar-refractivity contribution < 1.29 is 9.59 Å². The average Bonchev–Trinajstić information content (AvgIpc) is 3.18. The van der Waals surface area contributed by atoms with Gasteiger partial charge in [-0.05, 0) is 66.8 Å². The van der Waals surface area contributed by atoms with E-state index in [4.69, 9.17) is 0 Å². The smallest absolute Gasteiger partial charge is 0.313 e. The van der Waals surface area contributed by atoms with E-state index >= 15 is 0 Å². The summed E-state index contributed by atoms with van der Waals surface area (Å²) in [6.45, 7) is 6.00. The summed E-state index contributed by atoms with van der Waals surface area (Å²) in [5.74, 6) is -1.27. The molecule has 1 aromatic heterocycles. The van der Waals surface area contributed by atoms with Crippen LogP contribution in [0.25, 0.3) is 0 Å². The molecule has 2 N–H and O–H groups in total. The number of nitrogens with one attached hydrogen (secondary N) is 2. The summed E-state index contributed by atoms with van der Waals surface area (Å²) in [5.41, 5.74) is 6.52. The second-order valence-electron chi connectivity index (χ2n) is 8.59. The zero-order valence-corrected chi connectivity index (χ0v) is 18.9. The SMILES string of the molecule is Cc1cc(C)cc(NC(=O)C(=O)NCC(c2cccn2C)N2CCc3ccccc3C2)c1. The van der Waals surface area contributed by atoms with Gasteiger partial charge in [0.25, 0.3) is 0 Å². The van der Waals surface area contributed by atoms with Crippen LogP contribution in [0, 0.1) is 13.8 Å². The van der Waals surface area contributed by atoms with E-state index in [-0.39, 0.29) is 6.04 Å². The highest BCUT2D eigenvalue weighted by Crippen LogP contribution is 2.27. The number of anilines is 1. The number of carbonyl (C=O) groups excluding carboxylic acids is 2. The lowest BCUT2D eigenvalue weighted by Crippen LogP contribution is -2.44. The van der Waals surface area contributed by atoms with Crippen LogP contribution in [-0.4, -0.2) is 34.4 Å². The summed E-state index contributed by atoms with van der Waals surface area (Å²) in [6, 6.07) is 18.3. The third-order valence-electron chi connectivity index (χ3n) is 6.07. The highest BCUT2D eigenvalue weighted by Gasteiger charge is 2.27. The first-order chi connectivity index (χ1) is 15.4. The molecule has 166 valence electrons. The summed E-state index contributed by atoms with van der Waals surface area (Å²) in [5, 5.41) is 5.58. The minimum atomic E-state index is -0.648. The number of aromatic nitrogens is 1. The summed E-state index contributed by atoms with van der Waals surface area (Å²) in [6.07, 6.45) is 2.98. The van der Waals surface area contributed by atoms with Gasteiger partial charge in [0, 0.05) is 44.3 Å². The fourth-order valence-corrected chi connectivity index (χ4v) is 4.53. The summed E-state index contributed by atoms with van der Waals surface area (Å²) < 4.78 is 2.08. The number of nitrogens with zero attached hydrogens (tertiary/aromatic N) is 2. The molecule has 0 saturated carbocycles. The number of amides is 2. The molecule has 3 aromatic rings. The van der Waals surface area contributed by atoms with Crippen molar-refractivity contribution in [1.82, 2.24) is 14.8 Å². The predicted octanol–water partition coefficient (Wildman–Crippen LogP) is 3.50. The Hall–Kier alpha value is -3.38. The third-order valence-corrected chi connectivity index (χ3v) is 6.07. The largest absolute Gasteiger partial charge is 0.353 e. The van der Waals surface area contributed by atoms with Crippen molar-refractivity contribution in [3.8, 4) is 0 Å².